The predicted molar refractivity (Wildman–Crippen MR) is 85.6 cm³/mol. The molecule has 0 saturated carbocycles. The molecule has 0 bridgehead atoms. The average molecular weight is 275 g/mol. The van der Waals surface area contributed by atoms with Crippen LogP contribution in [-0.2, 0) is 0 Å². The van der Waals surface area contributed by atoms with Gasteiger partial charge in [-0.2, -0.15) is 12.6 Å². The zero-order valence-electron chi connectivity index (χ0n) is 12.4. The molecule has 2 heteroatoms. The van der Waals surface area contributed by atoms with E-state index >= 15 is 0 Å². The molecule has 0 aliphatic heterocycles. The molecule has 0 saturated heterocycles. The number of aliphatic hydroxyl groups excluding tert-OH is 1. The molecule has 0 aliphatic rings. The first kappa shape index (κ1) is 18.3. The molecule has 0 aromatic heterocycles. The molecule has 1 nitrogen and oxygen atoms in total. The quantitative estimate of drug-likeness (QED) is 0.322. The number of hydrogen-bond donors (Lipinski definition) is 2. The average Bonchev–Trinajstić information content (AvgIpc) is 2.39. The minimum Gasteiger partial charge on any atom is -0.396 e. The third-order valence-electron chi connectivity index (χ3n) is 3.67. The molecule has 0 aromatic rings. The number of unbranched alkanes of at least 4 members (excludes halogenated alkanes) is 10. The van der Waals surface area contributed by atoms with Gasteiger partial charge in [0, 0.05) is 11.9 Å². The Kier molecular flexibility index (Phi) is 15.6. The first-order valence-electron chi connectivity index (χ1n) is 8.10. The van der Waals surface area contributed by atoms with Crippen LogP contribution >= 0.6 is 12.6 Å². The lowest BCUT2D eigenvalue weighted by Gasteiger charge is -2.06. The summed E-state index contributed by atoms with van der Waals surface area (Å²) in [5.74, 6) is 0. The van der Waals surface area contributed by atoms with Crippen LogP contribution in [0.4, 0.5) is 0 Å². The lowest BCUT2D eigenvalue weighted by Crippen LogP contribution is -1.95. The Morgan fingerprint density at radius 3 is 1.50 bits per heavy atom. The summed E-state index contributed by atoms with van der Waals surface area (Å²) in [4.78, 5) is 0. The molecule has 0 aliphatic carbocycles. The fourth-order valence-corrected chi connectivity index (χ4v) is 2.47. The van der Waals surface area contributed by atoms with Crippen LogP contribution in [-0.4, -0.2) is 17.0 Å². The van der Waals surface area contributed by atoms with Crippen molar-refractivity contribution in [3.63, 3.8) is 0 Å². The van der Waals surface area contributed by atoms with Gasteiger partial charge in [-0.05, 0) is 19.3 Å². The molecular formula is C16H34OS. The second-order valence-corrected chi connectivity index (χ2v) is 6.19. The van der Waals surface area contributed by atoms with E-state index in [1.54, 1.807) is 0 Å². The van der Waals surface area contributed by atoms with Crippen molar-refractivity contribution in [2.75, 3.05) is 6.61 Å². The third kappa shape index (κ3) is 14.4. The molecule has 0 fully saturated rings. The number of aliphatic hydroxyl groups is 1. The van der Waals surface area contributed by atoms with Crippen LogP contribution < -0.4 is 0 Å². The molecule has 0 amide bonds. The van der Waals surface area contributed by atoms with Gasteiger partial charge in [0.25, 0.3) is 0 Å². The monoisotopic (exact) mass is 274 g/mol. The molecule has 0 radical (unpaired) electrons. The van der Waals surface area contributed by atoms with E-state index in [2.05, 4.69) is 19.6 Å². The van der Waals surface area contributed by atoms with Gasteiger partial charge in [0.05, 0.1) is 0 Å². The minimum absolute atomic E-state index is 0.366. The van der Waals surface area contributed by atoms with E-state index in [0.29, 0.717) is 11.9 Å². The van der Waals surface area contributed by atoms with Crippen molar-refractivity contribution < 1.29 is 5.11 Å². The largest absolute Gasteiger partial charge is 0.396 e. The van der Waals surface area contributed by atoms with Gasteiger partial charge in [0.2, 0.25) is 0 Å². The van der Waals surface area contributed by atoms with Crippen LogP contribution in [0.25, 0.3) is 0 Å². The predicted octanol–water partition coefficient (Wildman–Crippen LogP) is 5.37. The zero-order valence-corrected chi connectivity index (χ0v) is 13.3. The van der Waals surface area contributed by atoms with Crippen molar-refractivity contribution in [1.29, 1.82) is 0 Å². The molecule has 0 heterocycles. The normalized spacial score (nSPS) is 12.8. The van der Waals surface area contributed by atoms with Crippen LogP contribution in [0.1, 0.15) is 90.4 Å². The summed E-state index contributed by atoms with van der Waals surface area (Å²) in [6.45, 7) is 2.59. The van der Waals surface area contributed by atoms with E-state index in [9.17, 15) is 0 Å². The summed E-state index contributed by atoms with van der Waals surface area (Å²) in [6.07, 6.45) is 17.2. The summed E-state index contributed by atoms with van der Waals surface area (Å²) in [5.41, 5.74) is 0. The highest BCUT2D eigenvalue weighted by atomic mass is 32.1. The summed E-state index contributed by atoms with van der Waals surface area (Å²) < 4.78 is 0. The summed E-state index contributed by atoms with van der Waals surface area (Å²) in [7, 11) is 0. The number of rotatable bonds is 14. The highest BCUT2D eigenvalue weighted by Gasteiger charge is 1.98. The van der Waals surface area contributed by atoms with Crippen molar-refractivity contribution in [3.8, 4) is 0 Å². The maximum absolute atomic E-state index is 8.65. The summed E-state index contributed by atoms with van der Waals surface area (Å²) in [6, 6.07) is 0. The Hall–Kier alpha value is 0.310. The molecule has 0 spiro atoms. The van der Waals surface area contributed by atoms with Gasteiger partial charge in [-0.1, -0.05) is 71.1 Å². The Bertz CT molecular complexity index is 150. The molecule has 18 heavy (non-hydrogen) atoms. The Balaban J connectivity index is 2.94. The second-order valence-electron chi connectivity index (χ2n) is 5.46. The van der Waals surface area contributed by atoms with Crippen molar-refractivity contribution in [1.82, 2.24) is 0 Å². The number of hydrogen-bond acceptors (Lipinski definition) is 2. The van der Waals surface area contributed by atoms with Crippen LogP contribution in [0.5, 0.6) is 0 Å². The van der Waals surface area contributed by atoms with E-state index in [1.165, 1.54) is 77.0 Å². The first-order chi connectivity index (χ1) is 8.81. The van der Waals surface area contributed by atoms with E-state index < -0.39 is 0 Å². The molecular weight excluding hydrogens is 240 g/mol. The fourth-order valence-electron chi connectivity index (χ4n) is 2.29. The summed E-state index contributed by atoms with van der Waals surface area (Å²) in [5, 5.41) is 9.28. The molecule has 0 aromatic carbocycles. The van der Waals surface area contributed by atoms with Gasteiger partial charge in [0.15, 0.2) is 0 Å². The lowest BCUT2D eigenvalue weighted by atomic mass is 10.0. The molecule has 0 rings (SSSR count). The SMILES string of the molecule is CCC(S)CCCCCCCCCCCCCO. The van der Waals surface area contributed by atoms with Crippen molar-refractivity contribution in [2.24, 2.45) is 0 Å². The van der Waals surface area contributed by atoms with E-state index in [1.807, 2.05) is 0 Å². The Morgan fingerprint density at radius 1 is 0.722 bits per heavy atom. The Labute approximate surface area is 120 Å². The first-order valence-corrected chi connectivity index (χ1v) is 8.61. The standard InChI is InChI=1S/C16H34OS/c1-2-16(18)14-12-10-8-6-4-3-5-7-9-11-13-15-17/h16-18H,2-15H2,1H3. The van der Waals surface area contributed by atoms with E-state index in [4.69, 9.17) is 5.11 Å². The van der Waals surface area contributed by atoms with E-state index in [0.717, 1.165) is 6.42 Å². The smallest absolute Gasteiger partial charge is 0.0431 e. The van der Waals surface area contributed by atoms with Gasteiger partial charge in [0.1, 0.15) is 0 Å². The highest BCUT2D eigenvalue weighted by Crippen LogP contribution is 2.14. The second kappa shape index (κ2) is 15.4. The highest BCUT2D eigenvalue weighted by molar-refractivity contribution is 7.80. The van der Waals surface area contributed by atoms with Gasteiger partial charge < -0.3 is 5.11 Å². The maximum Gasteiger partial charge on any atom is 0.0431 e. The van der Waals surface area contributed by atoms with Gasteiger partial charge in [-0.3, -0.25) is 0 Å². The zero-order chi connectivity index (χ0) is 13.5. The number of thiol groups is 1. The van der Waals surface area contributed by atoms with Crippen LogP contribution in [0.15, 0.2) is 0 Å². The topological polar surface area (TPSA) is 20.2 Å². The van der Waals surface area contributed by atoms with E-state index in [-0.39, 0.29) is 0 Å². The van der Waals surface area contributed by atoms with Crippen molar-refractivity contribution in [3.05, 3.63) is 0 Å². The minimum atomic E-state index is 0.366. The van der Waals surface area contributed by atoms with Crippen LogP contribution in [0.3, 0.4) is 0 Å². The maximum atomic E-state index is 8.65. The van der Waals surface area contributed by atoms with Crippen molar-refractivity contribution >= 4 is 12.6 Å². The van der Waals surface area contributed by atoms with Gasteiger partial charge in [-0.25, -0.2) is 0 Å². The lowest BCUT2D eigenvalue weighted by molar-refractivity contribution is 0.282. The van der Waals surface area contributed by atoms with Gasteiger partial charge >= 0.3 is 0 Å². The Morgan fingerprint density at radius 2 is 1.11 bits per heavy atom. The van der Waals surface area contributed by atoms with Crippen molar-refractivity contribution in [2.45, 2.75) is 95.6 Å². The third-order valence-corrected chi connectivity index (χ3v) is 4.29. The molecule has 1 atom stereocenters. The summed E-state index contributed by atoms with van der Waals surface area (Å²) >= 11 is 4.52. The van der Waals surface area contributed by atoms with Crippen LogP contribution in [0.2, 0.25) is 0 Å². The fraction of sp³-hybridized carbons (Fsp3) is 1.00. The molecule has 1 unspecified atom stereocenters. The van der Waals surface area contributed by atoms with Gasteiger partial charge in [-0.15, -0.1) is 0 Å². The molecule has 110 valence electrons. The molecule has 1 N–H and O–H groups in total. The van der Waals surface area contributed by atoms with Crippen LogP contribution in [0, 0.1) is 0 Å².